The van der Waals surface area contributed by atoms with Crippen LogP contribution in [-0.4, -0.2) is 17.4 Å². The molecular weight excluding hydrogens is 341 g/mol. The lowest BCUT2D eigenvalue weighted by Gasteiger charge is -2.09. The maximum absolute atomic E-state index is 12.9. The molecule has 1 amide bonds. The number of aromatic nitrogens is 1. The third-order valence-corrected chi connectivity index (χ3v) is 4.23. The van der Waals surface area contributed by atoms with Crippen LogP contribution in [0.25, 0.3) is 0 Å². The van der Waals surface area contributed by atoms with Gasteiger partial charge in [0.2, 0.25) is 0 Å². The molecule has 0 bridgehead atoms. The van der Waals surface area contributed by atoms with Gasteiger partial charge >= 0.3 is 0 Å². The van der Waals surface area contributed by atoms with Gasteiger partial charge in [-0.1, -0.05) is 42.0 Å². The van der Waals surface area contributed by atoms with Gasteiger partial charge in [0, 0.05) is 24.8 Å². The van der Waals surface area contributed by atoms with E-state index in [1.54, 1.807) is 30.5 Å². The molecule has 4 nitrogen and oxygen atoms in total. The summed E-state index contributed by atoms with van der Waals surface area (Å²) in [4.78, 5) is 16.6. The lowest BCUT2D eigenvalue weighted by Crippen LogP contribution is -2.23. The van der Waals surface area contributed by atoms with E-state index >= 15 is 0 Å². The summed E-state index contributed by atoms with van der Waals surface area (Å²) in [5, 5.41) is 6.12. The standard InChI is InChI=1S/C22H22FN3O/c1-16-2-4-18(5-3-16)15-26-22(27)19-11-13-25-21(14-19)24-12-10-17-6-8-20(23)9-7-17/h2-9,11,13-14H,10,12,15H2,1H3,(H,24,25)(H,26,27). The molecule has 0 fully saturated rings. The van der Waals surface area contributed by atoms with Crippen LogP contribution in [0.1, 0.15) is 27.0 Å². The summed E-state index contributed by atoms with van der Waals surface area (Å²) in [6.07, 6.45) is 2.35. The number of hydrogen-bond acceptors (Lipinski definition) is 3. The highest BCUT2D eigenvalue weighted by Gasteiger charge is 2.07. The van der Waals surface area contributed by atoms with Crippen LogP contribution in [0, 0.1) is 12.7 Å². The normalized spacial score (nSPS) is 10.4. The number of anilines is 1. The molecule has 3 aromatic rings. The SMILES string of the molecule is Cc1ccc(CNC(=O)c2ccnc(NCCc3ccc(F)cc3)c2)cc1. The van der Waals surface area contributed by atoms with Gasteiger partial charge in [0.15, 0.2) is 0 Å². The average Bonchev–Trinajstić information content (AvgIpc) is 2.69. The van der Waals surface area contributed by atoms with Gasteiger partial charge in [0.25, 0.3) is 5.91 Å². The Bertz CT molecular complexity index is 892. The van der Waals surface area contributed by atoms with Gasteiger partial charge in [-0.05, 0) is 48.7 Å². The molecule has 27 heavy (non-hydrogen) atoms. The van der Waals surface area contributed by atoms with E-state index in [2.05, 4.69) is 15.6 Å². The van der Waals surface area contributed by atoms with E-state index in [4.69, 9.17) is 0 Å². The number of hydrogen-bond donors (Lipinski definition) is 2. The topological polar surface area (TPSA) is 54.0 Å². The molecule has 1 heterocycles. The van der Waals surface area contributed by atoms with Crippen molar-refractivity contribution < 1.29 is 9.18 Å². The lowest BCUT2D eigenvalue weighted by atomic mass is 10.1. The Morgan fingerprint density at radius 1 is 1.00 bits per heavy atom. The number of amides is 1. The Morgan fingerprint density at radius 2 is 1.70 bits per heavy atom. The Hall–Kier alpha value is -3.21. The fraction of sp³-hybridized carbons (Fsp3) is 0.182. The van der Waals surface area contributed by atoms with Crippen molar-refractivity contribution in [1.29, 1.82) is 0 Å². The maximum Gasteiger partial charge on any atom is 0.251 e. The predicted molar refractivity (Wildman–Crippen MR) is 105 cm³/mol. The molecule has 0 aliphatic rings. The number of pyridine rings is 1. The van der Waals surface area contributed by atoms with Crippen LogP contribution >= 0.6 is 0 Å². The van der Waals surface area contributed by atoms with Crippen LogP contribution in [0.2, 0.25) is 0 Å². The van der Waals surface area contributed by atoms with Crippen molar-refractivity contribution in [3.05, 3.63) is 94.9 Å². The zero-order valence-corrected chi connectivity index (χ0v) is 15.2. The molecule has 0 saturated heterocycles. The van der Waals surface area contributed by atoms with Gasteiger partial charge in [-0.15, -0.1) is 0 Å². The number of benzene rings is 2. The second kappa shape index (κ2) is 8.94. The summed E-state index contributed by atoms with van der Waals surface area (Å²) in [6, 6.07) is 17.9. The Kier molecular flexibility index (Phi) is 6.15. The van der Waals surface area contributed by atoms with Crippen LogP contribution in [-0.2, 0) is 13.0 Å². The zero-order chi connectivity index (χ0) is 19.1. The maximum atomic E-state index is 12.9. The summed E-state index contributed by atoms with van der Waals surface area (Å²) in [5.74, 6) is 0.261. The molecule has 1 aromatic heterocycles. The van der Waals surface area contributed by atoms with E-state index in [1.807, 2.05) is 31.2 Å². The molecule has 0 radical (unpaired) electrons. The molecular formula is C22H22FN3O. The number of nitrogens with zero attached hydrogens (tertiary/aromatic N) is 1. The number of rotatable bonds is 7. The summed E-state index contributed by atoms with van der Waals surface area (Å²) < 4.78 is 12.9. The summed E-state index contributed by atoms with van der Waals surface area (Å²) in [5.41, 5.74) is 3.84. The van der Waals surface area contributed by atoms with Gasteiger partial charge in [-0.25, -0.2) is 9.37 Å². The number of halogens is 1. The first-order valence-corrected chi connectivity index (χ1v) is 8.88. The fourth-order valence-corrected chi connectivity index (χ4v) is 2.64. The molecule has 0 unspecified atom stereocenters. The van der Waals surface area contributed by atoms with Crippen molar-refractivity contribution >= 4 is 11.7 Å². The highest BCUT2D eigenvalue weighted by Crippen LogP contribution is 2.09. The Labute approximate surface area is 158 Å². The third-order valence-electron chi connectivity index (χ3n) is 4.23. The average molecular weight is 363 g/mol. The van der Waals surface area contributed by atoms with Gasteiger partial charge in [0.1, 0.15) is 11.6 Å². The third kappa shape index (κ3) is 5.64. The van der Waals surface area contributed by atoms with Crippen molar-refractivity contribution in [2.75, 3.05) is 11.9 Å². The van der Waals surface area contributed by atoms with Crippen molar-refractivity contribution in [2.24, 2.45) is 0 Å². The van der Waals surface area contributed by atoms with E-state index in [9.17, 15) is 9.18 Å². The first-order chi connectivity index (χ1) is 13.1. The number of carbonyl (C=O) groups excluding carboxylic acids is 1. The molecule has 0 saturated carbocycles. The molecule has 138 valence electrons. The van der Waals surface area contributed by atoms with Gasteiger partial charge < -0.3 is 10.6 Å². The summed E-state index contributed by atoms with van der Waals surface area (Å²) in [7, 11) is 0. The molecule has 0 atom stereocenters. The van der Waals surface area contributed by atoms with Gasteiger partial charge in [-0.3, -0.25) is 4.79 Å². The quantitative estimate of drug-likeness (QED) is 0.664. The monoisotopic (exact) mass is 363 g/mol. The van der Waals surface area contributed by atoms with Crippen LogP contribution in [0.3, 0.4) is 0 Å². The minimum absolute atomic E-state index is 0.139. The highest BCUT2D eigenvalue weighted by atomic mass is 19.1. The summed E-state index contributed by atoms with van der Waals surface area (Å²) in [6.45, 7) is 3.16. The molecule has 2 N–H and O–H groups in total. The van der Waals surface area contributed by atoms with E-state index < -0.39 is 0 Å². The van der Waals surface area contributed by atoms with E-state index in [0.29, 0.717) is 24.5 Å². The first kappa shape index (κ1) is 18.6. The van der Waals surface area contributed by atoms with E-state index in [-0.39, 0.29) is 11.7 Å². The van der Waals surface area contributed by atoms with Gasteiger partial charge in [-0.2, -0.15) is 0 Å². The number of nitrogens with one attached hydrogen (secondary N) is 2. The molecule has 5 heteroatoms. The fourth-order valence-electron chi connectivity index (χ4n) is 2.64. The molecule has 0 aliphatic carbocycles. The van der Waals surface area contributed by atoms with Crippen LogP contribution in [0.4, 0.5) is 10.2 Å². The second-order valence-corrected chi connectivity index (χ2v) is 6.40. The minimum atomic E-state index is -0.238. The minimum Gasteiger partial charge on any atom is -0.370 e. The smallest absolute Gasteiger partial charge is 0.251 e. The molecule has 2 aromatic carbocycles. The van der Waals surface area contributed by atoms with Crippen LogP contribution in [0.15, 0.2) is 66.9 Å². The molecule has 3 rings (SSSR count). The predicted octanol–water partition coefficient (Wildman–Crippen LogP) is 4.11. The summed E-state index contributed by atoms with van der Waals surface area (Å²) >= 11 is 0. The first-order valence-electron chi connectivity index (χ1n) is 8.88. The molecule has 0 aliphatic heterocycles. The Morgan fingerprint density at radius 3 is 2.44 bits per heavy atom. The largest absolute Gasteiger partial charge is 0.370 e. The number of carbonyl (C=O) groups is 1. The molecule has 0 spiro atoms. The van der Waals surface area contributed by atoms with Crippen LogP contribution in [0.5, 0.6) is 0 Å². The van der Waals surface area contributed by atoms with E-state index in [1.165, 1.54) is 17.7 Å². The van der Waals surface area contributed by atoms with E-state index in [0.717, 1.165) is 17.5 Å². The lowest BCUT2D eigenvalue weighted by molar-refractivity contribution is 0.0951. The highest BCUT2D eigenvalue weighted by molar-refractivity contribution is 5.94. The van der Waals surface area contributed by atoms with Crippen molar-refractivity contribution in [3.63, 3.8) is 0 Å². The van der Waals surface area contributed by atoms with Crippen molar-refractivity contribution in [3.8, 4) is 0 Å². The van der Waals surface area contributed by atoms with Gasteiger partial charge in [0.05, 0.1) is 0 Å². The second-order valence-electron chi connectivity index (χ2n) is 6.40. The van der Waals surface area contributed by atoms with Crippen LogP contribution < -0.4 is 10.6 Å². The van der Waals surface area contributed by atoms with Crippen molar-refractivity contribution in [1.82, 2.24) is 10.3 Å². The zero-order valence-electron chi connectivity index (χ0n) is 15.2. The number of aryl methyl sites for hydroxylation is 1. The van der Waals surface area contributed by atoms with Crippen molar-refractivity contribution in [2.45, 2.75) is 19.9 Å². The Balaban J connectivity index is 1.52.